The molecule has 0 spiro atoms. The lowest BCUT2D eigenvalue weighted by molar-refractivity contribution is 0.0951. The lowest BCUT2D eigenvalue weighted by Crippen LogP contribution is -2.24. The van der Waals surface area contributed by atoms with E-state index in [0.717, 1.165) is 12.0 Å². The highest BCUT2D eigenvalue weighted by molar-refractivity contribution is 5.98. The lowest BCUT2D eigenvalue weighted by Gasteiger charge is -2.11. The fourth-order valence-electron chi connectivity index (χ4n) is 2.13. The summed E-state index contributed by atoms with van der Waals surface area (Å²) < 4.78 is 0. The molecule has 0 bridgehead atoms. The van der Waals surface area contributed by atoms with Crippen molar-refractivity contribution in [3.05, 3.63) is 59.3 Å². The normalized spacial score (nSPS) is 10.1. The molecule has 4 nitrogen and oxygen atoms in total. The van der Waals surface area contributed by atoms with E-state index in [4.69, 9.17) is 0 Å². The molecule has 4 heteroatoms. The average molecular weight is 269 g/mol. The Hall–Kier alpha value is -2.36. The number of pyridine rings is 1. The number of carbonyl (C=O) groups is 1. The molecule has 1 aromatic carbocycles. The first kappa shape index (κ1) is 14.1. The standard InChI is InChI=1S/C16H19N3O/c1-3-12-7-4-5-8-13(12)11-19-16(20)14-9-6-10-18-15(14)17-2/h4-10H,3,11H2,1-2H3,(H,17,18)(H,19,20). The quantitative estimate of drug-likeness (QED) is 0.877. The van der Waals surface area contributed by atoms with Gasteiger partial charge < -0.3 is 10.6 Å². The fraction of sp³-hybridized carbons (Fsp3) is 0.250. The smallest absolute Gasteiger partial charge is 0.255 e. The summed E-state index contributed by atoms with van der Waals surface area (Å²) in [6.45, 7) is 2.64. The minimum absolute atomic E-state index is 0.117. The molecule has 0 radical (unpaired) electrons. The van der Waals surface area contributed by atoms with Gasteiger partial charge in [0.25, 0.3) is 5.91 Å². The van der Waals surface area contributed by atoms with E-state index in [1.54, 1.807) is 25.4 Å². The van der Waals surface area contributed by atoms with Gasteiger partial charge in [-0.1, -0.05) is 31.2 Å². The molecule has 0 saturated heterocycles. The predicted molar refractivity (Wildman–Crippen MR) is 80.8 cm³/mol. The highest BCUT2D eigenvalue weighted by Crippen LogP contribution is 2.12. The number of rotatable bonds is 5. The zero-order valence-corrected chi connectivity index (χ0v) is 11.8. The number of anilines is 1. The van der Waals surface area contributed by atoms with E-state index in [2.05, 4.69) is 28.6 Å². The van der Waals surface area contributed by atoms with Crippen molar-refractivity contribution in [1.29, 1.82) is 0 Å². The van der Waals surface area contributed by atoms with Crippen LogP contribution in [0.25, 0.3) is 0 Å². The van der Waals surface area contributed by atoms with Gasteiger partial charge in [-0.3, -0.25) is 4.79 Å². The van der Waals surface area contributed by atoms with Gasteiger partial charge in [-0.2, -0.15) is 0 Å². The van der Waals surface area contributed by atoms with Crippen LogP contribution >= 0.6 is 0 Å². The molecule has 0 aliphatic rings. The van der Waals surface area contributed by atoms with E-state index >= 15 is 0 Å². The van der Waals surface area contributed by atoms with E-state index in [1.165, 1.54) is 5.56 Å². The van der Waals surface area contributed by atoms with Crippen LogP contribution < -0.4 is 10.6 Å². The molecule has 1 amide bonds. The number of nitrogens with zero attached hydrogens (tertiary/aromatic N) is 1. The second-order valence-electron chi connectivity index (χ2n) is 4.45. The van der Waals surface area contributed by atoms with Gasteiger partial charge in [0.15, 0.2) is 0 Å². The van der Waals surface area contributed by atoms with Gasteiger partial charge in [0.2, 0.25) is 0 Å². The van der Waals surface area contributed by atoms with Crippen LogP contribution in [0.2, 0.25) is 0 Å². The number of nitrogens with one attached hydrogen (secondary N) is 2. The average Bonchev–Trinajstić information content (AvgIpc) is 2.52. The van der Waals surface area contributed by atoms with Crippen LogP contribution in [0.15, 0.2) is 42.6 Å². The summed E-state index contributed by atoms with van der Waals surface area (Å²) >= 11 is 0. The van der Waals surface area contributed by atoms with Gasteiger partial charge in [-0.15, -0.1) is 0 Å². The highest BCUT2D eigenvalue weighted by Gasteiger charge is 2.11. The minimum Gasteiger partial charge on any atom is -0.372 e. The van der Waals surface area contributed by atoms with E-state index in [0.29, 0.717) is 17.9 Å². The maximum Gasteiger partial charge on any atom is 0.255 e. The molecule has 1 aromatic heterocycles. The van der Waals surface area contributed by atoms with Crippen LogP contribution in [0.5, 0.6) is 0 Å². The highest BCUT2D eigenvalue weighted by atomic mass is 16.1. The Kier molecular flexibility index (Phi) is 4.71. The van der Waals surface area contributed by atoms with Crippen molar-refractivity contribution in [3.8, 4) is 0 Å². The van der Waals surface area contributed by atoms with Gasteiger partial charge in [-0.05, 0) is 29.7 Å². The third kappa shape index (κ3) is 3.15. The molecule has 1 heterocycles. The van der Waals surface area contributed by atoms with Crippen LogP contribution in [-0.4, -0.2) is 17.9 Å². The molecule has 0 atom stereocenters. The van der Waals surface area contributed by atoms with Crippen LogP contribution in [0.3, 0.4) is 0 Å². The molecular formula is C16H19N3O. The van der Waals surface area contributed by atoms with Crippen LogP contribution in [0.4, 0.5) is 5.82 Å². The van der Waals surface area contributed by atoms with Gasteiger partial charge in [0.1, 0.15) is 5.82 Å². The summed E-state index contributed by atoms with van der Waals surface area (Å²) in [5.41, 5.74) is 2.97. The van der Waals surface area contributed by atoms with Crippen molar-refractivity contribution in [3.63, 3.8) is 0 Å². The zero-order valence-electron chi connectivity index (χ0n) is 11.8. The number of hydrogen-bond acceptors (Lipinski definition) is 3. The van der Waals surface area contributed by atoms with Crippen molar-refractivity contribution in [2.24, 2.45) is 0 Å². The van der Waals surface area contributed by atoms with E-state index < -0.39 is 0 Å². The topological polar surface area (TPSA) is 54.0 Å². The minimum atomic E-state index is -0.117. The second-order valence-corrected chi connectivity index (χ2v) is 4.45. The molecule has 0 fully saturated rings. The van der Waals surface area contributed by atoms with Gasteiger partial charge in [0.05, 0.1) is 5.56 Å². The number of amides is 1. The molecule has 20 heavy (non-hydrogen) atoms. The molecule has 2 aromatic rings. The Balaban J connectivity index is 2.09. The summed E-state index contributed by atoms with van der Waals surface area (Å²) in [5.74, 6) is 0.474. The number of aryl methyl sites for hydroxylation is 1. The molecule has 2 rings (SSSR count). The van der Waals surface area contributed by atoms with Crippen LogP contribution in [0, 0.1) is 0 Å². The first-order valence-electron chi connectivity index (χ1n) is 6.74. The van der Waals surface area contributed by atoms with Crippen molar-refractivity contribution in [2.45, 2.75) is 19.9 Å². The molecule has 104 valence electrons. The van der Waals surface area contributed by atoms with Crippen molar-refractivity contribution in [1.82, 2.24) is 10.3 Å². The van der Waals surface area contributed by atoms with Crippen LogP contribution in [-0.2, 0) is 13.0 Å². The number of benzene rings is 1. The lowest BCUT2D eigenvalue weighted by atomic mass is 10.1. The molecule has 0 aliphatic carbocycles. The first-order valence-corrected chi connectivity index (χ1v) is 6.74. The number of aromatic nitrogens is 1. The van der Waals surface area contributed by atoms with Crippen molar-refractivity contribution in [2.75, 3.05) is 12.4 Å². The molecule has 0 aliphatic heterocycles. The Morgan fingerprint density at radius 3 is 2.60 bits per heavy atom. The summed E-state index contributed by atoms with van der Waals surface area (Å²) in [4.78, 5) is 16.3. The van der Waals surface area contributed by atoms with Gasteiger partial charge >= 0.3 is 0 Å². The first-order chi connectivity index (χ1) is 9.76. The molecular weight excluding hydrogens is 250 g/mol. The van der Waals surface area contributed by atoms with Crippen LogP contribution in [0.1, 0.15) is 28.4 Å². The van der Waals surface area contributed by atoms with E-state index in [1.807, 2.05) is 18.2 Å². The Morgan fingerprint density at radius 1 is 1.15 bits per heavy atom. The third-order valence-electron chi connectivity index (χ3n) is 3.23. The number of hydrogen-bond donors (Lipinski definition) is 2. The number of carbonyl (C=O) groups excluding carboxylic acids is 1. The Morgan fingerprint density at radius 2 is 1.90 bits per heavy atom. The van der Waals surface area contributed by atoms with E-state index in [-0.39, 0.29) is 5.91 Å². The summed E-state index contributed by atoms with van der Waals surface area (Å²) in [6, 6.07) is 11.7. The van der Waals surface area contributed by atoms with Gasteiger partial charge in [-0.25, -0.2) is 4.98 Å². The molecule has 0 saturated carbocycles. The maximum absolute atomic E-state index is 12.2. The van der Waals surface area contributed by atoms with Crippen molar-refractivity contribution < 1.29 is 4.79 Å². The summed E-state index contributed by atoms with van der Waals surface area (Å²) in [6.07, 6.45) is 2.62. The zero-order chi connectivity index (χ0) is 14.4. The molecule has 0 unspecified atom stereocenters. The Labute approximate surface area is 119 Å². The largest absolute Gasteiger partial charge is 0.372 e. The SMILES string of the molecule is CCc1ccccc1CNC(=O)c1cccnc1NC. The fourth-order valence-corrected chi connectivity index (χ4v) is 2.13. The second kappa shape index (κ2) is 6.70. The third-order valence-corrected chi connectivity index (χ3v) is 3.23. The summed E-state index contributed by atoms with van der Waals surface area (Å²) in [7, 11) is 1.76. The molecule has 2 N–H and O–H groups in total. The maximum atomic E-state index is 12.2. The Bertz CT molecular complexity index is 596. The van der Waals surface area contributed by atoms with Crippen molar-refractivity contribution >= 4 is 11.7 Å². The van der Waals surface area contributed by atoms with E-state index in [9.17, 15) is 4.79 Å². The monoisotopic (exact) mass is 269 g/mol. The summed E-state index contributed by atoms with van der Waals surface area (Å²) in [5, 5.41) is 5.87. The van der Waals surface area contributed by atoms with Gasteiger partial charge in [0, 0.05) is 19.8 Å². The predicted octanol–water partition coefficient (Wildman–Crippen LogP) is 2.62.